The zero-order chi connectivity index (χ0) is 19.6. The van der Waals surface area contributed by atoms with Crippen molar-refractivity contribution in [2.75, 3.05) is 18.9 Å². The second-order valence-electron chi connectivity index (χ2n) is 7.62. The molecule has 1 saturated carbocycles. The van der Waals surface area contributed by atoms with Crippen LogP contribution in [-0.4, -0.2) is 42.4 Å². The minimum atomic E-state index is -0.623. The average molecular weight is 375 g/mol. The molecule has 0 bridgehead atoms. The third kappa shape index (κ3) is 6.96. The van der Waals surface area contributed by atoms with Crippen molar-refractivity contribution in [3.8, 4) is 0 Å². The Hall–Kier alpha value is -1.92. The van der Waals surface area contributed by atoms with Gasteiger partial charge in [-0.15, -0.1) is 0 Å². The van der Waals surface area contributed by atoms with Gasteiger partial charge in [-0.1, -0.05) is 37.5 Å². The van der Waals surface area contributed by atoms with Gasteiger partial charge in [0.25, 0.3) is 0 Å². The van der Waals surface area contributed by atoms with Gasteiger partial charge in [0, 0.05) is 24.3 Å². The molecule has 1 aliphatic carbocycles. The molecular weight excluding hydrogens is 340 g/mol. The van der Waals surface area contributed by atoms with Gasteiger partial charge in [0.05, 0.1) is 0 Å². The van der Waals surface area contributed by atoms with Crippen molar-refractivity contribution in [3.05, 3.63) is 29.8 Å². The Morgan fingerprint density at radius 1 is 1.19 bits per heavy atom. The van der Waals surface area contributed by atoms with Crippen molar-refractivity contribution in [2.24, 2.45) is 5.73 Å². The van der Waals surface area contributed by atoms with Crippen LogP contribution in [0.5, 0.6) is 0 Å². The number of carbonyl (C=O) groups is 2. The molecule has 2 amide bonds. The summed E-state index contributed by atoms with van der Waals surface area (Å²) >= 11 is 0. The van der Waals surface area contributed by atoms with Gasteiger partial charge in [0.2, 0.25) is 0 Å². The van der Waals surface area contributed by atoms with E-state index in [0.717, 1.165) is 24.9 Å². The van der Waals surface area contributed by atoms with Crippen molar-refractivity contribution in [3.63, 3.8) is 0 Å². The first-order valence-electron chi connectivity index (χ1n) is 10.1. The lowest BCUT2D eigenvalue weighted by molar-refractivity contribution is -0.136. The summed E-state index contributed by atoms with van der Waals surface area (Å²) in [4.78, 5) is 26.8. The first kappa shape index (κ1) is 21.4. The largest absolute Gasteiger partial charge is 0.345 e. The summed E-state index contributed by atoms with van der Waals surface area (Å²) in [7, 11) is 2.14. The first-order chi connectivity index (χ1) is 13.0. The molecule has 27 heavy (non-hydrogen) atoms. The summed E-state index contributed by atoms with van der Waals surface area (Å²) in [6.45, 7) is 3.22. The van der Waals surface area contributed by atoms with Crippen molar-refractivity contribution >= 4 is 17.5 Å². The van der Waals surface area contributed by atoms with Gasteiger partial charge in [-0.3, -0.25) is 14.5 Å². The van der Waals surface area contributed by atoms with E-state index in [-0.39, 0.29) is 6.04 Å². The minimum Gasteiger partial charge on any atom is -0.345 e. The molecule has 0 radical (unpaired) electrons. The number of carbonyl (C=O) groups excluding carboxylic acids is 2. The Morgan fingerprint density at radius 2 is 1.89 bits per heavy atom. The van der Waals surface area contributed by atoms with E-state index in [0.29, 0.717) is 18.3 Å². The predicted octanol–water partition coefficient (Wildman–Crippen LogP) is 2.63. The van der Waals surface area contributed by atoms with Crippen LogP contribution in [0, 0.1) is 0 Å². The summed E-state index contributed by atoms with van der Waals surface area (Å²) in [6.07, 6.45) is 7.95. The Kier molecular flexibility index (Phi) is 8.75. The van der Waals surface area contributed by atoms with Crippen LogP contribution in [0.4, 0.5) is 5.69 Å². The number of benzene rings is 1. The predicted molar refractivity (Wildman–Crippen MR) is 109 cm³/mol. The number of hydrogen-bond acceptors (Lipinski definition) is 4. The number of rotatable bonds is 8. The quantitative estimate of drug-likeness (QED) is 0.611. The smallest absolute Gasteiger partial charge is 0.313 e. The van der Waals surface area contributed by atoms with Gasteiger partial charge in [0.1, 0.15) is 0 Å². The van der Waals surface area contributed by atoms with Gasteiger partial charge in [-0.2, -0.15) is 0 Å². The molecule has 1 aromatic carbocycles. The molecule has 1 aliphatic rings. The molecule has 2 rings (SSSR count). The number of nitrogens with two attached hydrogens (primary N) is 1. The molecular formula is C21H34N4O2. The Labute approximate surface area is 162 Å². The average Bonchev–Trinajstić information content (AvgIpc) is 2.68. The molecule has 4 N–H and O–H groups in total. The van der Waals surface area contributed by atoms with Crippen molar-refractivity contribution in [2.45, 2.75) is 70.5 Å². The number of anilines is 1. The number of nitrogens with zero attached hydrogens (tertiary/aromatic N) is 1. The maximum absolute atomic E-state index is 12.3. The topological polar surface area (TPSA) is 87.5 Å². The second-order valence-corrected chi connectivity index (χ2v) is 7.62. The normalized spacial score (nSPS) is 16.1. The zero-order valence-electron chi connectivity index (χ0n) is 16.7. The zero-order valence-corrected chi connectivity index (χ0v) is 16.7. The van der Waals surface area contributed by atoms with Crippen LogP contribution >= 0.6 is 0 Å². The summed E-state index contributed by atoms with van der Waals surface area (Å²) in [6, 6.07) is 8.23. The highest BCUT2D eigenvalue weighted by Crippen LogP contribution is 2.24. The fourth-order valence-corrected chi connectivity index (χ4v) is 3.66. The van der Waals surface area contributed by atoms with E-state index in [4.69, 9.17) is 5.73 Å². The van der Waals surface area contributed by atoms with Crippen molar-refractivity contribution in [1.82, 2.24) is 10.2 Å². The van der Waals surface area contributed by atoms with E-state index < -0.39 is 11.8 Å². The Morgan fingerprint density at radius 3 is 2.59 bits per heavy atom. The highest BCUT2D eigenvalue weighted by atomic mass is 16.2. The fraction of sp³-hybridized carbons (Fsp3) is 0.619. The third-order valence-electron chi connectivity index (χ3n) is 5.31. The van der Waals surface area contributed by atoms with Crippen LogP contribution in [0.3, 0.4) is 0 Å². The van der Waals surface area contributed by atoms with E-state index in [9.17, 15) is 9.59 Å². The SMILES string of the molecule is CC(CCCN)NC(=O)C(=O)Nc1ccccc1CN(C)C1CCCCC1. The number of hydrogen-bond donors (Lipinski definition) is 3. The van der Waals surface area contributed by atoms with Crippen LogP contribution in [0.2, 0.25) is 0 Å². The van der Waals surface area contributed by atoms with E-state index in [1.165, 1.54) is 32.1 Å². The van der Waals surface area contributed by atoms with Gasteiger partial charge in [0.15, 0.2) is 0 Å². The summed E-state index contributed by atoms with van der Waals surface area (Å²) in [5.74, 6) is -1.22. The van der Waals surface area contributed by atoms with E-state index in [2.05, 4.69) is 22.6 Å². The summed E-state index contributed by atoms with van der Waals surface area (Å²) < 4.78 is 0. The molecule has 0 aromatic heterocycles. The van der Waals surface area contributed by atoms with Crippen LogP contribution in [-0.2, 0) is 16.1 Å². The number of nitrogens with one attached hydrogen (secondary N) is 2. The highest BCUT2D eigenvalue weighted by Gasteiger charge is 2.20. The van der Waals surface area contributed by atoms with Gasteiger partial charge >= 0.3 is 11.8 Å². The van der Waals surface area contributed by atoms with E-state index >= 15 is 0 Å². The fourth-order valence-electron chi connectivity index (χ4n) is 3.66. The molecule has 6 nitrogen and oxygen atoms in total. The maximum Gasteiger partial charge on any atom is 0.313 e. The van der Waals surface area contributed by atoms with Gasteiger partial charge < -0.3 is 16.4 Å². The minimum absolute atomic E-state index is 0.0699. The van der Waals surface area contributed by atoms with Crippen LogP contribution in [0.1, 0.15) is 57.4 Å². The highest BCUT2D eigenvalue weighted by molar-refractivity contribution is 6.39. The van der Waals surface area contributed by atoms with E-state index in [1.54, 1.807) is 0 Å². The van der Waals surface area contributed by atoms with Crippen LogP contribution in [0.15, 0.2) is 24.3 Å². The van der Waals surface area contributed by atoms with Gasteiger partial charge in [-0.25, -0.2) is 0 Å². The molecule has 0 spiro atoms. The molecule has 6 heteroatoms. The van der Waals surface area contributed by atoms with Crippen LogP contribution < -0.4 is 16.4 Å². The third-order valence-corrected chi connectivity index (χ3v) is 5.31. The summed E-state index contributed by atoms with van der Waals surface area (Å²) in [5.41, 5.74) is 7.22. The monoisotopic (exact) mass is 374 g/mol. The molecule has 150 valence electrons. The first-order valence-corrected chi connectivity index (χ1v) is 10.1. The molecule has 1 atom stereocenters. The lowest BCUT2D eigenvalue weighted by Gasteiger charge is -2.31. The lowest BCUT2D eigenvalue weighted by Crippen LogP contribution is -2.41. The maximum atomic E-state index is 12.3. The molecule has 0 aliphatic heterocycles. The van der Waals surface area contributed by atoms with Crippen molar-refractivity contribution < 1.29 is 9.59 Å². The molecule has 0 heterocycles. The molecule has 1 unspecified atom stereocenters. The molecule has 0 saturated heterocycles. The van der Waals surface area contributed by atoms with Crippen molar-refractivity contribution in [1.29, 1.82) is 0 Å². The Bertz CT molecular complexity index is 614. The number of para-hydroxylation sites is 1. The molecule has 1 aromatic rings. The Balaban J connectivity index is 1.94. The standard InChI is InChI=1S/C21H34N4O2/c1-16(9-8-14-22)23-20(26)21(27)24-19-13-7-6-10-17(19)15-25(2)18-11-4-3-5-12-18/h6-7,10,13,16,18H,3-5,8-9,11-12,14-15,22H2,1-2H3,(H,23,26)(H,24,27). The number of amides is 2. The van der Waals surface area contributed by atoms with Gasteiger partial charge in [-0.05, 0) is 57.8 Å². The van der Waals surface area contributed by atoms with Crippen LogP contribution in [0.25, 0.3) is 0 Å². The second kappa shape index (κ2) is 11.0. The molecule has 1 fully saturated rings. The van der Waals surface area contributed by atoms with E-state index in [1.807, 2.05) is 31.2 Å². The summed E-state index contributed by atoms with van der Waals surface area (Å²) in [5, 5.41) is 5.51. The lowest BCUT2D eigenvalue weighted by atomic mass is 9.94.